The predicted molar refractivity (Wildman–Crippen MR) is 123 cm³/mol. The lowest BCUT2D eigenvalue weighted by Gasteiger charge is -2.11. The van der Waals surface area contributed by atoms with Crippen molar-refractivity contribution in [2.75, 3.05) is 0 Å². The van der Waals surface area contributed by atoms with Crippen LogP contribution < -0.4 is 14.9 Å². The van der Waals surface area contributed by atoms with E-state index in [-0.39, 0.29) is 17.8 Å². The van der Waals surface area contributed by atoms with Crippen LogP contribution >= 0.6 is 50.7 Å². The molecule has 0 bridgehead atoms. The van der Waals surface area contributed by atoms with E-state index in [0.717, 1.165) is 4.47 Å². The van der Waals surface area contributed by atoms with E-state index >= 15 is 0 Å². The van der Waals surface area contributed by atoms with Gasteiger partial charge in [-0.2, -0.15) is 0 Å². The molecule has 4 nitrogen and oxygen atoms in total. The van der Waals surface area contributed by atoms with E-state index in [1.807, 2.05) is 18.2 Å². The van der Waals surface area contributed by atoms with Gasteiger partial charge in [-0.15, -0.1) is 0 Å². The maximum atomic E-state index is 12.8. The molecular weight excluding hydrogens is 515 g/mol. The molecule has 30 heavy (non-hydrogen) atoms. The average Bonchev–Trinajstić information content (AvgIpc) is 2.74. The van der Waals surface area contributed by atoms with Crippen molar-refractivity contribution in [3.63, 3.8) is 0 Å². The molecule has 0 aliphatic rings. The van der Waals surface area contributed by atoms with E-state index < -0.39 is 0 Å². The second-order valence-electron chi connectivity index (χ2n) is 6.23. The second kappa shape index (κ2) is 8.90. The lowest BCUT2D eigenvalue weighted by atomic mass is 10.2. The lowest BCUT2D eigenvalue weighted by molar-refractivity contribution is 0.306. The van der Waals surface area contributed by atoms with E-state index in [1.165, 1.54) is 6.26 Å². The highest BCUT2D eigenvalue weighted by Crippen LogP contribution is 2.33. The van der Waals surface area contributed by atoms with Crippen molar-refractivity contribution in [3.05, 3.63) is 96.2 Å². The van der Waals surface area contributed by atoms with Gasteiger partial charge in [0.05, 0.1) is 19.9 Å². The maximum absolute atomic E-state index is 12.8. The highest BCUT2D eigenvalue weighted by Gasteiger charge is 2.13. The zero-order valence-electron chi connectivity index (χ0n) is 15.1. The Morgan fingerprint density at radius 2 is 1.70 bits per heavy atom. The van der Waals surface area contributed by atoms with Gasteiger partial charge in [-0.05, 0) is 52.3 Å². The van der Waals surface area contributed by atoms with Gasteiger partial charge in [-0.1, -0.05) is 46.9 Å². The summed E-state index contributed by atoms with van der Waals surface area (Å²) in [4.78, 5) is 12.8. The molecule has 0 N–H and O–H groups in total. The van der Waals surface area contributed by atoms with Gasteiger partial charge in [0.2, 0.25) is 11.2 Å². The Morgan fingerprint density at radius 3 is 2.50 bits per heavy atom. The fourth-order valence-electron chi connectivity index (χ4n) is 2.75. The van der Waals surface area contributed by atoms with Gasteiger partial charge in [0.1, 0.15) is 30.0 Å². The SMILES string of the molecule is O=c1c(Oc2ccccc2Br)coc2cc(OCc3c(Cl)ccc(Cl)c3Cl)ccc12. The molecule has 0 aliphatic heterocycles. The van der Waals surface area contributed by atoms with Crippen molar-refractivity contribution in [1.29, 1.82) is 0 Å². The smallest absolute Gasteiger partial charge is 0.235 e. The Balaban J connectivity index is 1.59. The lowest BCUT2D eigenvalue weighted by Crippen LogP contribution is -2.05. The molecule has 1 aromatic heterocycles. The minimum absolute atomic E-state index is 0.0839. The summed E-state index contributed by atoms with van der Waals surface area (Å²) in [6.45, 7) is 0.108. The third-order valence-corrected chi connectivity index (χ3v) is 6.15. The summed E-state index contributed by atoms with van der Waals surface area (Å²) in [5.74, 6) is 1.08. The molecule has 4 aromatic rings. The number of halogens is 4. The van der Waals surface area contributed by atoms with Crippen molar-refractivity contribution in [2.24, 2.45) is 0 Å². The summed E-state index contributed by atoms with van der Waals surface area (Å²) in [5, 5.41) is 1.54. The molecule has 0 aliphatic carbocycles. The number of hydrogen-bond donors (Lipinski definition) is 0. The molecule has 1 heterocycles. The van der Waals surface area contributed by atoms with Gasteiger partial charge < -0.3 is 13.9 Å². The van der Waals surface area contributed by atoms with Gasteiger partial charge in [0, 0.05) is 16.7 Å². The highest BCUT2D eigenvalue weighted by molar-refractivity contribution is 9.10. The fraction of sp³-hybridized carbons (Fsp3) is 0.0455. The number of para-hydroxylation sites is 1. The van der Waals surface area contributed by atoms with E-state index in [9.17, 15) is 4.79 Å². The molecular formula is C22H12BrCl3O4. The molecule has 3 aromatic carbocycles. The summed E-state index contributed by atoms with van der Waals surface area (Å²) >= 11 is 21.8. The van der Waals surface area contributed by atoms with Crippen LogP contribution in [0.25, 0.3) is 11.0 Å². The minimum Gasteiger partial charge on any atom is -0.489 e. The fourth-order valence-corrected chi connectivity index (χ4v) is 3.78. The van der Waals surface area contributed by atoms with Gasteiger partial charge >= 0.3 is 0 Å². The topological polar surface area (TPSA) is 48.7 Å². The molecule has 0 unspecified atom stereocenters. The van der Waals surface area contributed by atoms with E-state index in [0.29, 0.717) is 43.1 Å². The second-order valence-corrected chi connectivity index (χ2v) is 8.28. The average molecular weight is 527 g/mol. The largest absolute Gasteiger partial charge is 0.489 e. The Kier molecular flexibility index (Phi) is 6.25. The molecule has 0 saturated carbocycles. The number of fused-ring (bicyclic) bond motifs is 1. The summed E-state index contributed by atoms with van der Waals surface area (Å²) < 4.78 is 17.8. The van der Waals surface area contributed by atoms with Crippen LogP contribution in [0.5, 0.6) is 17.2 Å². The molecule has 0 radical (unpaired) electrons. The van der Waals surface area contributed by atoms with Crippen LogP contribution in [0.1, 0.15) is 5.56 Å². The Bertz CT molecular complexity index is 1300. The van der Waals surface area contributed by atoms with Gasteiger partial charge in [0.25, 0.3) is 0 Å². The highest BCUT2D eigenvalue weighted by atomic mass is 79.9. The van der Waals surface area contributed by atoms with E-state index in [1.54, 1.807) is 36.4 Å². The van der Waals surface area contributed by atoms with Crippen LogP contribution in [0.4, 0.5) is 0 Å². The Morgan fingerprint density at radius 1 is 0.933 bits per heavy atom. The first kappa shape index (κ1) is 21.1. The van der Waals surface area contributed by atoms with Crippen LogP contribution in [0.2, 0.25) is 15.1 Å². The molecule has 0 atom stereocenters. The van der Waals surface area contributed by atoms with Crippen molar-refractivity contribution in [2.45, 2.75) is 6.61 Å². The van der Waals surface area contributed by atoms with Crippen LogP contribution in [-0.2, 0) is 6.61 Å². The first-order valence-electron chi connectivity index (χ1n) is 8.67. The third-order valence-electron chi connectivity index (χ3n) is 4.29. The Labute approximate surface area is 195 Å². The molecule has 152 valence electrons. The third kappa shape index (κ3) is 4.30. The molecule has 0 spiro atoms. The van der Waals surface area contributed by atoms with Crippen LogP contribution in [-0.4, -0.2) is 0 Å². The van der Waals surface area contributed by atoms with Gasteiger partial charge in [-0.3, -0.25) is 4.79 Å². The predicted octanol–water partition coefficient (Wildman–Crippen LogP) is 7.89. The molecule has 4 rings (SSSR count). The summed E-state index contributed by atoms with van der Waals surface area (Å²) in [6.07, 6.45) is 1.28. The van der Waals surface area contributed by atoms with Crippen LogP contribution in [0, 0.1) is 0 Å². The first-order chi connectivity index (χ1) is 14.4. The standard InChI is InChI=1S/C22H12BrCl3O4/c23-15-3-1-2-4-18(15)30-20-11-29-19-9-12(5-6-13(19)22(20)27)28-10-14-16(24)7-8-17(25)21(14)26/h1-9,11H,10H2. The van der Waals surface area contributed by atoms with Gasteiger partial charge in [-0.25, -0.2) is 0 Å². The van der Waals surface area contributed by atoms with Crippen LogP contribution in [0.3, 0.4) is 0 Å². The van der Waals surface area contributed by atoms with Crippen molar-refractivity contribution in [3.8, 4) is 17.2 Å². The van der Waals surface area contributed by atoms with Crippen molar-refractivity contribution >= 4 is 61.7 Å². The zero-order valence-corrected chi connectivity index (χ0v) is 19.0. The van der Waals surface area contributed by atoms with Crippen LogP contribution in [0.15, 0.2) is 74.5 Å². The summed E-state index contributed by atoms with van der Waals surface area (Å²) in [6, 6.07) is 15.4. The quantitative estimate of drug-likeness (QED) is 0.248. The molecule has 0 amide bonds. The zero-order chi connectivity index (χ0) is 21.3. The number of benzene rings is 3. The first-order valence-corrected chi connectivity index (χ1v) is 10.6. The maximum Gasteiger partial charge on any atom is 0.235 e. The Hall–Kier alpha value is -2.18. The molecule has 0 saturated heterocycles. The number of hydrogen-bond acceptors (Lipinski definition) is 4. The number of ether oxygens (including phenoxy) is 2. The van der Waals surface area contributed by atoms with Crippen molar-refractivity contribution in [1.82, 2.24) is 0 Å². The van der Waals surface area contributed by atoms with Crippen molar-refractivity contribution < 1.29 is 13.9 Å². The normalized spacial score (nSPS) is 10.9. The minimum atomic E-state index is -0.292. The summed E-state index contributed by atoms with van der Waals surface area (Å²) in [5.41, 5.74) is 0.643. The molecule has 8 heteroatoms. The monoisotopic (exact) mass is 524 g/mol. The van der Waals surface area contributed by atoms with Gasteiger partial charge in [0.15, 0.2) is 0 Å². The summed E-state index contributed by atoms with van der Waals surface area (Å²) in [7, 11) is 0. The molecule has 0 fully saturated rings. The van der Waals surface area contributed by atoms with E-state index in [4.69, 9.17) is 48.7 Å². The number of rotatable bonds is 5. The van der Waals surface area contributed by atoms with E-state index in [2.05, 4.69) is 15.9 Å².